The van der Waals surface area contributed by atoms with E-state index in [1.54, 1.807) is 12.2 Å². The van der Waals surface area contributed by atoms with Crippen LogP contribution in [0.15, 0.2) is 91.0 Å². The van der Waals surface area contributed by atoms with Crippen molar-refractivity contribution in [1.29, 1.82) is 0 Å². The van der Waals surface area contributed by atoms with Crippen LogP contribution in [-0.2, 0) is 11.3 Å². The molecule has 3 aromatic carbocycles. The molecule has 35 heavy (non-hydrogen) atoms. The van der Waals surface area contributed by atoms with E-state index in [1.807, 2.05) is 67.6 Å². The van der Waals surface area contributed by atoms with Crippen molar-refractivity contribution in [2.24, 2.45) is 0 Å². The molecular weight excluding hydrogens is 432 g/mol. The first-order chi connectivity index (χ1) is 17.1. The van der Waals surface area contributed by atoms with Gasteiger partial charge in [0.2, 0.25) is 0 Å². The number of rotatable bonds is 9. The second kappa shape index (κ2) is 12.1. The van der Waals surface area contributed by atoms with Crippen molar-refractivity contribution in [3.8, 4) is 0 Å². The number of ketones is 2. The zero-order valence-corrected chi connectivity index (χ0v) is 20.3. The Kier molecular flexibility index (Phi) is 8.42. The normalized spacial score (nSPS) is 14.6. The van der Waals surface area contributed by atoms with Gasteiger partial charge in [0.15, 0.2) is 11.6 Å². The minimum absolute atomic E-state index is 0.0123. The molecule has 0 amide bonds. The van der Waals surface area contributed by atoms with Gasteiger partial charge in [-0.1, -0.05) is 73.7 Å². The molecule has 0 aliphatic carbocycles. The topological polar surface area (TPSA) is 40.6 Å². The molecule has 4 rings (SSSR count). The van der Waals surface area contributed by atoms with Gasteiger partial charge >= 0.3 is 0 Å². The van der Waals surface area contributed by atoms with Crippen LogP contribution in [-0.4, -0.2) is 42.6 Å². The number of hydrogen-bond donors (Lipinski definition) is 0. The average Bonchev–Trinajstić information content (AvgIpc) is 2.92. The molecule has 0 saturated carbocycles. The number of anilines is 1. The van der Waals surface area contributed by atoms with Crippen molar-refractivity contribution in [1.82, 2.24) is 4.90 Å². The number of carbonyl (C=O) groups is 2. The fourth-order valence-electron chi connectivity index (χ4n) is 4.14. The number of allylic oxidation sites excluding steroid dienone is 2. The van der Waals surface area contributed by atoms with Gasteiger partial charge < -0.3 is 4.90 Å². The van der Waals surface area contributed by atoms with Crippen LogP contribution in [0.4, 0.5) is 5.69 Å². The first kappa shape index (κ1) is 24.4. The molecule has 1 aliphatic rings. The molecule has 178 valence electrons. The third-order valence-electron chi connectivity index (χ3n) is 6.31. The summed E-state index contributed by atoms with van der Waals surface area (Å²) in [4.78, 5) is 28.9. The molecule has 0 bridgehead atoms. The summed E-state index contributed by atoms with van der Waals surface area (Å²) in [6.45, 7) is 6.87. The molecule has 4 nitrogen and oxygen atoms in total. The van der Waals surface area contributed by atoms with Crippen LogP contribution < -0.4 is 4.90 Å². The molecular formula is C31H32N2O2. The Morgan fingerprint density at radius 2 is 1.34 bits per heavy atom. The maximum atomic E-state index is 12.6. The summed E-state index contributed by atoms with van der Waals surface area (Å²) >= 11 is 0. The van der Waals surface area contributed by atoms with E-state index in [9.17, 15) is 9.59 Å². The van der Waals surface area contributed by atoms with E-state index in [0.717, 1.165) is 49.5 Å². The van der Waals surface area contributed by atoms with Crippen molar-refractivity contribution >= 4 is 29.4 Å². The molecule has 0 aromatic heterocycles. The van der Waals surface area contributed by atoms with E-state index in [1.165, 1.54) is 5.56 Å². The summed E-state index contributed by atoms with van der Waals surface area (Å²) in [6, 6.07) is 26.3. The second-order valence-corrected chi connectivity index (χ2v) is 8.81. The summed E-state index contributed by atoms with van der Waals surface area (Å²) in [7, 11) is 0. The Bertz CT molecular complexity index is 1170. The summed E-state index contributed by atoms with van der Waals surface area (Å²) in [5, 5.41) is 0. The van der Waals surface area contributed by atoms with Crippen molar-refractivity contribution in [2.45, 2.75) is 19.9 Å². The van der Waals surface area contributed by atoms with Crippen LogP contribution in [0.3, 0.4) is 0 Å². The highest BCUT2D eigenvalue weighted by atomic mass is 16.1. The van der Waals surface area contributed by atoms with Gasteiger partial charge in [-0.05, 0) is 53.1 Å². The first-order valence-corrected chi connectivity index (χ1v) is 12.3. The van der Waals surface area contributed by atoms with Crippen molar-refractivity contribution in [3.05, 3.63) is 113 Å². The second-order valence-electron chi connectivity index (χ2n) is 8.81. The lowest BCUT2D eigenvalue weighted by atomic mass is 10.1. The van der Waals surface area contributed by atoms with E-state index in [4.69, 9.17) is 0 Å². The van der Waals surface area contributed by atoms with E-state index in [0.29, 0.717) is 12.0 Å². The summed E-state index contributed by atoms with van der Waals surface area (Å²) in [5.41, 5.74) is 5.11. The molecule has 0 spiro atoms. The SMILES string of the molecule is CCC(=O)/C=C/c1ccc(/C=C/C(=O)c2ccc(N3CCN(Cc4ccccc4)CC3)cc2)cc1. The summed E-state index contributed by atoms with van der Waals surface area (Å²) in [5.74, 6) is 0.0950. The minimum atomic E-state index is -0.0123. The zero-order chi connectivity index (χ0) is 24.5. The molecule has 1 heterocycles. The van der Waals surface area contributed by atoms with Gasteiger partial charge in [-0.2, -0.15) is 0 Å². The van der Waals surface area contributed by atoms with Crippen LogP contribution in [0.25, 0.3) is 12.2 Å². The predicted molar refractivity (Wildman–Crippen MR) is 145 cm³/mol. The van der Waals surface area contributed by atoms with E-state index < -0.39 is 0 Å². The Balaban J connectivity index is 1.28. The maximum Gasteiger partial charge on any atom is 0.185 e. The van der Waals surface area contributed by atoms with Crippen LogP contribution in [0.1, 0.15) is 40.4 Å². The fourth-order valence-corrected chi connectivity index (χ4v) is 4.14. The van der Waals surface area contributed by atoms with Gasteiger partial charge in [-0.3, -0.25) is 14.5 Å². The fraction of sp³-hybridized carbons (Fsp3) is 0.226. The van der Waals surface area contributed by atoms with E-state index in [2.05, 4.69) is 40.1 Å². The number of nitrogens with zero attached hydrogens (tertiary/aromatic N) is 2. The summed E-state index contributed by atoms with van der Waals surface area (Å²) < 4.78 is 0. The Labute approximate surface area is 208 Å². The Morgan fingerprint density at radius 1 is 0.743 bits per heavy atom. The van der Waals surface area contributed by atoms with Crippen LogP contribution in [0.2, 0.25) is 0 Å². The van der Waals surface area contributed by atoms with Crippen molar-refractivity contribution in [2.75, 3.05) is 31.1 Å². The lowest BCUT2D eigenvalue weighted by molar-refractivity contribution is -0.114. The number of piperazine rings is 1. The number of carbonyl (C=O) groups excluding carboxylic acids is 2. The molecule has 0 atom stereocenters. The first-order valence-electron chi connectivity index (χ1n) is 12.3. The Hall–Kier alpha value is -3.76. The summed E-state index contributed by atoms with van der Waals surface area (Å²) in [6.07, 6.45) is 7.36. The molecule has 4 heteroatoms. The molecule has 1 saturated heterocycles. The quantitative estimate of drug-likeness (QED) is 0.292. The average molecular weight is 465 g/mol. The molecule has 0 radical (unpaired) electrons. The van der Waals surface area contributed by atoms with Gasteiger partial charge in [0.25, 0.3) is 0 Å². The molecule has 1 aliphatic heterocycles. The molecule has 0 N–H and O–H groups in total. The van der Waals surface area contributed by atoms with Gasteiger partial charge in [-0.25, -0.2) is 0 Å². The lowest BCUT2D eigenvalue weighted by Crippen LogP contribution is -2.45. The lowest BCUT2D eigenvalue weighted by Gasteiger charge is -2.36. The van der Waals surface area contributed by atoms with Gasteiger partial charge in [0.05, 0.1) is 0 Å². The highest BCUT2D eigenvalue weighted by molar-refractivity contribution is 6.07. The van der Waals surface area contributed by atoms with Crippen LogP contribution >= 0.6 is 0 Å². The standard InChI is InChI=1S/C31H32N2O2/c1-2-30(34)18-12-25-8-10-26(11-9-25)13-19-31(35)28-14-16-29(17-15-28)33-22-20-32(21-23-33)24-27-6-4-3-5-7-27/h3-19H,2,20-24H2,1H3/b18-12+,19-13+. The molecule has 3 aromatic rings. The predicted octanol–water partition coefficient (Wildman–Crippen LogP) is 5.90. The third-order valence-corrected chi connectivity index (χ3v) is 6.31. The smallest absolute Gasteiger partial charge is 0.185 e. The van der Waals surface area contributed by atoms with E-state index >= 15 is 0 Å². The number of hydrogen-bond acceptors (Lipinski definition) is 4. The van der Waals surface area contributed by atoms with E-state index in [-0.39, 0.29) is 11.6 Å². The van der Waals surface area contributed by atoms with Gasteiger partial charge in [-0.15, -0.1) is 0 Å². The third kappa shape index (κ3) is 7.11. The zero-order valence-electron chi connectivity index (χ0n) is 20.3. The van der Waals surface area contributed by atoms with Gasteiger partial charge in [0.1, 0.15) is 0 Å². The highest BCUT2D eigenvalue weighted by Gasteiger charge is 2.17. The number of benzene rings is 3. The maximum absolute atomic E-state index is 12.6. The highest BCUT2D eigenvalue weighted by Crippen LogP contribution is 2.19. The minimum Gasteiger partial charge on any atom is -0.369 e. The Morgan fingerprint density at radius 3 is 1.94 bits per heavy atom. The van der Waals surface area contributed by atoms with Crippen molar-refractivity contribution < 1.29 is 9.59 Å². The monoisotopic (exact) mass is 464 g/mol. The van der Waals surface area contributed by atoms with Crippen LogP contribution in [0, 0.1) is 0 Å². The van der Waals surface area contributed by atoms with Crippen LogP contribution in [0.5, 0.6) is 0 Å². The molecule has 0 unspecified atom stereocenters. The van der Waals surface area contributed by atoms with Gasteiger partial charge in [0, 0.05) is 50.4 Å². The largest absolute Gasteiger partial charge is 0.369 e. The van der Waals surface area contributed by atoms with Crippen molar-refractivity contribution in [3.63, 3.8) is 0 Å². The molecule has 1 fully saturated rings.